The van der Waals surface area contributed by atoms with Gasteiger partial charge in [-0.15, -0.1) is 0 Å². The molecule has 1 aromatic rings. The molecule has 0 aliphatic carbocycles. The normalized spacial score (nSPS) is 18.8. The molecule has 15 heavy (non-hydrogen) atoms. The van der Waals surface area contributed by atoms with Crippen LogP contribution < -0.4 is 9.64 Å². The predicted octanol–water partition coefficient (Wildman–Crippen LogP) is 1.31. The lowest BCUT2D eigenvalue weighted by molar-refractivity contribution is -0.138. The Bertz CT molecular complexity index is 403. The van der Waals surface area contributed by atoms with Crippen molar-refractivity contribution < 1.29 is 14.6 Å². The first-order valence-corrected chi connectivity index (χ1v) is 4.75. The summed E-state index contributed by atoms with van der Waals surface area (Å²) in [7, 11) is 3.48. The lowest BCUT2D eigenvalue weighted by Gasteiger charge is -2.11. The summed E-state index contributed by atoms with van der Waals surface area (Å²) in [4.78, 5) is 13.0. The molecule has 1 aliphatic rings. The highest BCUT2D eigenvalue weighted by Gasteiger charge is 2.31. The molecular weight excluding hydrogens is 194 g/mol. The fourth-order valence-corrected chi connectivity index (χ4v) is 1.97. The fourth-order valence-electron chi connectivity index (χ4n) is 1.97. The third-order valence-electron chi connectivity index (χ3n) is 2.78. The molecule has 1 N–H and O–H groups in total. The highest BCUT2D eigenvalue weighted by Crippen LogP contribution is 2.37. The maximum Gasteiger partial charge on any atom is 0.312 e. The summed E-state index contributed by atoms with van der Waals surface area (Å²) in [5.41, 5.74) is 1.81. The van der Waals surface area contributed by atoms with Crippen molar-refractivity contribution in [3.8, 4) is 5.75 Å². The maximum absolute atomic E-state index is 11.0. The second-order valence-electron chi connectivity index (χ2n) is 3.70. The van der Waals surface area contributed by atoms with Crippen LogP contribution in [0.4, 0.5) is 5.69 Å². The minimum Gasteiger partial charge on any atom is -0.497 e. The quantitative estimate of drug-likeness (QED) is 0.794. The van der Waals surface area contributed by atoms with E-state index in [0.717, 1.165) is 11.3 Å². The monoisotopic (exact) mass is 207 g/mol. The zero-order valence-corrected chi connectivity index (χ0v) is 8.73. The maximum atomic E-state index is 11.0. The van der Waals surface area contributed by atoms with Gasteiger partial charge in [0.15, 0.2) is 0 Å². The molecule has 0 spiro atoms. The van der Waals surface area contributed by atoms with E-state index >= 15 is 0 Å². The second-order valence-corrected chi connectivity index (χ2v) is 3.70. The van der Waals surface area contributed by atoms with Gasteiger partial charge in [-0.1, -0.05) is 0 Å². The molecular formula is C11H13NO3. The van der Waals surface area contributed by atoms with Gasteiger partial charge in [-0.2, -0.15) is 0 Å². The van der Waals surface area contributed by atoms with E-state index in [1.165, 1.54) is 0 Å². The Morgan fingerprint density at radius 1 is 1.60 bits per heavy atom. The number of ether oxygens (including phenoxy) is 1. The molecule has 0 saturated heterocycles. The number of hydrogen-bond donors (Lipinski definition) is 1. The Hall–Kier alpha value is -1.71. The van der Waals surface area contributed by atoms with Gasteiger partial charge in [0.25, 0.3) is 0 Å². The predicted molar refractivity (Wildman–Crippen MR) is 56.6 cm³/mol. The number of anilines is 1. The zero-order valence-electron chi connectivity index (χ0n) is 8.73. The number of rotatable bonds is 2. The van der Waals surface area contributed by atoms with Crippen molar-refractivity contribution in [2.75, 3.05) is 25.6 Å². The van der Waals surface area contributed by atoms with Crippen LogP contribution in [0.3, 0.4) is 0 Å². The molecule has 0 amide bonds. The number of nitrogens with zero attached hydrogens (tertiary/aromatic N) is 1. The molecule has 1 aromatic carbocycles. The molecule has 4 nitrogen and oxygen atoms in total. The summed E-state index contributed by atoms with van der Waals surface area (Å²) < 4.78 is 5.09. The van der Waals surface area contributed by atoms with Crippen molar-refractivity contribution in [3.63, 3.8) is 0 Å². The summed E-state index contributed by atoms with van der Waals surface area (Å²) in [6.07, 6.45) is 0. The molecule has 0 aromatic heterocycles. The Labute approximate surface area is 88.1 Å². The molecule has 1 aliphatic heterocycles. The van der Waals surface area contributed by atoms with Gasteiger partial charge in [0.05, 0.1) is 7.11 Å². The number of aliphatic carboxylic acids is 1. The third-order valence-corrected chi connectivity index (χ3v) is 2.78. The highest BCUT2D eigenvalue weighted by molar-refractivity contribution is 5.83. The van der Waals surface area contributed by atoms with Gasteiger partial charge in [0, 0.05) is 19.3 Å². The van der Waals surface area contributed by atoms with Gasteiger partial charge < -0.3 is 14.7 Å². The van der Waals surface area contributed by atoms with E-state index in [1.54, 1.807) is 13.2 Å². The molecule has 0 radical (unpaired) electrons. The van der Waals surface area contributed by atoms with Crippen LogP contribution in [0.15, 0.2) is 18.2 Å². The third kappa shape index (κ3) is 1.52. The number of likely N-dealkylation sites (N-methyl/N-ethyl adjacent to an activating group) is 1. The van der Waals surface area contributed by atoms with Crippen molar-refractivity contribution >= 4 is 11.7 Å². The van der Waals surface area contributed by atoms with Gasteiger partial charge in [-0.25, -0.2) is 0 Å². The lowest BCUT2D eigenvalue weighted by atomic mass is 10.0. The van der Waals surface area contributed by atoms with E-state index in [4.69, 9.17) is 9.84 Å². The second kappa shape index (κ2) is 3.46. The van der Waals surface area contributed by atoms with E-state index in [1.807, 2.05) is 24.1 Å². The average Bonchev–Trinajstić information content (AvgIpc) is 2.56. The summed E-state index contributed by atoms with van der Waals surface area (Å²) in [6.45, 7) is 0.526. The first kappa shape index (κ1) is 9.83. The van der Waals surface area contributed by atoms with Gasteiger partial charge in [0.2, 0.25) is 0 Å². The number of hydrogen-bond acceptors (Lipinski definition) is 3. The number of fused-ring (bicyclic) bond motifs is 1. The Kier molecular flexibility index (Phi) is 2.26. The van der Waals surface area contributed by atoms with Gasteiger partial charge >= 0.3 is 5.97 Å². The summed E-state index contributed by atoms with van der Waals surface area (Å²) >= 11 is 0. The minimum absolute atomic E-state index is 0.444. The first-order valence-electron chi connectivity index (χ1n) is 4.75. The molecule has 0 bridgehead atoms. The topological polar surface area (TPSA) is 49.8 Å². The Morgan fingerprint density at radius 3 is 2.93 bits per heavy atom. The van der Waals surface area contributed by atoms with Crippen LogP contribution in [0.5, 0.6) is 5.75 Å². The van der Waals surface area contributed by atoms with Crippen LogP contribution in [0, 0.1) is 0 Å². The zero-order chi connectivity index (χ0) is 11.0. The Morgan fingerprint density at radius 2 is 2.33 bits per heavy atom. The van der Waals surface area contributed by atoms with Crippen molar-refractivity contribution in [1.29, 1.82) is 0 Å². The molecule has 1 atom stereocenters. The van der Waals surface area contributed by atoms with Crippen LogP contribution in [0.2, 0.25) is 0 Å². The highest BCUT2D eigenvalue weighted by atomic mass is 16.5. The largest absolute Gasteiger partial charge is 0.497 e. The van der Waals surface area contributed by atoms with Gasteiger partial charge in [-0.05, 0) is 23.8 Å². The number of carboxylic acid groups (broad SMARTS) is 1. The van der Waals surface area contributed by atoms with Crippen LogP contribution in [-0.2, 0) is 4.79 Å². The molecule has 0 fully saturated rings. The molecule has 1 unspecified atom stereocenters. The molecule has 80 valence electrons. The van der Waals surface area contributed by atoms with E-state index in [2.05, 4.69) is 0 Å². The van der Waals surface area contributed by atoms with E-state index in [9.17, 15) is 4.79 Å². The van der Waals surface area contributed by atoms with Crippen LogP contribution in [-0.4, -0.2) is 31.8 Å². The smallest absolute Gasteiger partial charge is 0.312 e. The summed E-state index contributed by atoms with van der Waals surface area (Å²) in [5.74, 6) is -0.524. The van der Waals surface area contributed by atoms with Gasteiger partial charge in [0.1, 0.15) is 11.7 Å². The van der Waals surface area contributed by atoms with Crippen molar-refractivity contribution in [1.82, 2.24) is 0 Å². The number of carboxylic acids is 1. The summed E-state index contributed by atoms with van der Waals surface area (Å²) in [5, 5.41) is 9.07. The molecule has 0 saturated carbocycles. The average molecular weight is 207 g/mol. The van der Waals surface area contributed by atoms with Crippen LogP contribution in [0.25, 0.3) is 0 Å². The Balaban J connectivity index is 2.47. The molecule has 1 heterocycles. The van der Waals surface area contributed by atoms with Crippen molar-refractivity contribution in [2.24, 2.45) is 0 Å². The van der Waals surface area contributed by atoms with Crippen LogP contribution in [0.1, 0.15) is 11.5 Å². The number of benzene rings is 1. The molecule has 4 heteroatoms. The number of methoxy groups -OCH3 is 1. The van der Waals surface area contributed by atoms with E-state index in [0.29, 0.717) is 12.3 Å². The van der Waals surface area contributed by atoms with Gasteiger partial charge in [-0.3, -0.25) is 4.79 Å². The summed E-state index contributed by atoms with van der Waals surface area (Å²) in [6, 6.07) is 5.55. The van der Waals surface area contributed by atoms with E-state index < -0.39 is 11.9 Å². The number of carbonyl (C=O) groups is 1. The minimum atomic E-state index is -0.783. The fraction of sp³-hybridized carbons (Fsp3) is 0.364. The SMILES string of the molecule is COc1ccc2c(c1)C(C(=O)O)CN2C. The molecule has 2 rings (SSSR count). The van der Waals surface area contributed by atoms with Crippen molar-refractivity contribution in [3.05, 3.63) is 23.8 Å². The first-order chi connectivity index (χ1) is 7.13. The van der Waals surface area contributed by atoms with Crippen molar-refractivity contribution in [2.45, 2.75) is 5.92 Å². The van der Waals surface area contributed by atoms with Crippen LogP contribution >= 0.6 is 0 Å². The van der Waals surface area contributed by atoms with E-state index in [-0.39, 0.29) is 0 Å². The standard InChI is InChI=1S/C11H13NO3/c1-12-6-9(11(13)14)8-5-7(15-2)3-4-10(8)12/h3-5,9H,6H2,1-2H3,(H,13,14). The lowest BCUT2D eigenvalue weighted by Crippen LogP contribution is -2.19.